The third-order valence-electron chi connectivity index (χ3n) is 5.10. The van der Waals surface area contributed by atoms with E-state index in [4.69, 9.17) is 4.74 Å². The first-order valence-corrected chi connectivity index (χ1v) is 9.66. The zero-order chi connectivity index (χ0) is 18.1. The number of likely N-dealkylation sites (tertiary alicyclic amines) is 1. The Bertz CT molecular complexity index is 435. The molecule has 2 heterocycles. The number of hydrogen-bond acceptors (Lipinski definition) is 4. The van der Waals surface area contributed by atoms with Crippen molar-refractivity contribution in [2.45, 2.75) is 39.2 Å². The van der Waals surface area contributed by atoms with Gasteiger partial charge in [0.05, 0.1) is 19.8 Å². The van der Waals surface area contributed by atoms with Crippen molar-refractivity contribution in [3.63, 3.8) is 0 Å². The number of morpholine rings is 1. The molecule has 0 aliphatic carbocycles. The maximum atomic E-state index is 12.3. The van der Waals surface area contributed by atoms with Crippen LogP contribution in [0.3, 0.4) is 0 Å². The molecule has 1 amide bonds. The number of nitrogens with zero attached hydrogens (tertiary/aromatic N) is 3. The smallest absolute Gasteiger partial charge is 0.241 e. The Kier molecular flexibility index (Phi) is 11.5. The lowest BCUT2D eigenvalue weighted by atomic mass is 10.0. The van der Waals surface area contributed by atoms with E-state index < -0.39 is 0 Å². The molecule has 0 aromatic heterocycles. The lowest BCUT2D eigenvalue weighted by Gasteiger charge is -2.37. The second-order valence-electron chi connectivity index (χ2n) is 7.21. The quantitative estimate of drug-likeness (QED) is 0.339. The first kappa shape index (κ1) is 23.4. The van der Waals surface area contributed by atoms with Gasteiger partial charge in [0.1, 0.15) is 0 Å². The molecule has 2 fully saturated rings. The Hall–Kier alpha value is -0.610. The van der Waals surface area contributed by atoms with E-state index in [-0.39, 0.29) is 29.9 Å². The van der Waals surface area contributed by atoms with Gasteiger partial charge in [-0.2, -0.15) is 0 Å². The fraction of sp³-hybridized carbons (Fsp3) is 0.889. The second-order valence-corrected chi connectivity index (χ2v) is 7.21. The molecule has 2 aliphatic rings. The van der Waals surface area contributed by atoms with Crippen molar-refractivity contribution in [3.8, 4) is 0 Å². The van der Waals surface area contributed by atoms with E-state index in [0.29, 0.717) is 24.5 Å². The predicted octanol–water partition coefficient (Wildman–Crippen LogP) is 1.14. The van der Waals surface area contributed by atoms with E-state index in [0.717, 1.165) is 58.8 Å². The summed E-state index contributed by atoms with van der Waals surface area (Å²) in [6.07, 6.45) is 3.47. The third kappa shape index (κ3) is 7.56. The summed E-state index contributed by atoms with van der Waals surface area (Å²) in [6.45, 7) is 11.0. The van der Waals surface area contributed by atoms with Gasteiger partial charge in [0.25, 0.3) is 0 Å². The lowest BCUT2D eigenvalue weighted by molar-refractivity contribution is -0.130. The third-order valence-corrected chi connectivity index (χ3v) is 5.10. The number of nitrogens with one attached hydrogen (secondary N) is 2. The predicted molar refractivity (Wildman–Crippen MR) is 116 cm³/mol. The number of aliphatic imine (C=N–C) groups is 1. The maximum Gasteiger partial charge on any atom is 0.241 e. The van der Waals surface area contributed by atoms with E-state index in [9.17, 15) is 4.79 Å². The average molecular weight is 481 g/mol. The van der Waals surface area contributed by atoms with Gasteiger partial charge in [-0.05, 0) is 25.2 Å². The fourth-order valence-corrected chi connectivity index (χ4v) is 3.53. The molecular weight excluding hydrogens is 445 g/mol. The van der Waals surface area contributed by atoms with Gasteiger partial charge >= 0.3 is 0 Å². The summed E-state index contributed by atoms with van der Waals surface area (Å²) in [6, 6.07) is 0.431. The van der Waals surface area contributed by atoms with Gasteiger partial charge in [-0.3, -0.25) is 14.7 Å². The van der Waals surface area contributed by atoms with Crippen LogP contribution in [0.1, 0.15) is 33.1 Å². The van der Waals surface area contributed by atoms with Gasteiger partial charge in [0.2, 0.25) is 5.91 Å². The highest BCUT2D eigenvalue weighted by Crippen LogP contribution is 2.12. The summed E-state index contributed by atoms with van der Waals surface area (Å²) in [5.74, 6) is 1.40. The molecule has 0 saturated carbocycles. The summed E-state index contributed by atoms with van der Waals surface area (Å²) in [4.78, 5) is 21.0. The maximum absolute atomic E-state index is 12.3. The number of halogens is 1. The van der Waals surface area contributed by atoms with E-state index >= 15 is 0 Å². The Morgan fingerprint density at radius 3 is 2.31 bits per heavy atom. The van der Waals surface area contributed by atoms with Crippen LogP contribution in [0, 0.1) is 5.92 Å². The van der Waals surface area contributed by atoms with E-state index in [1.165, 1.54) is 6.42 Å². The van der Waals surface area contributed by atoms with E-state index in [2.05, 4.69) is 34.4 Å². The van der Waals surface area contributed by atoms with E-state index in [1.54, 1.807) is 7.05 Å². The Morgan fingerprint density at radius 2 is 1.73 bits per heavy atom. The fourth-order valence-electron chi connectivity index (χ4n) is 3.53. The summed E-state index contributed by atoms with van der Waals surface area (Å²) in [7, 11) is 1.75. The molecule has 26 heavy (non-hydrogen) atoms. The van der Waals surface area contributed by atoms with Crippen LogP contribution in [-0.2, 0) is 9.53 Å². The minimum Gasteiger partial charge on any atom is -0.379 e. The van der Waals surface area contributed by atoms with Gasteiger partial charge in [-0.15, -0.1) is 24.0 Å². The molecular formula is C18H36IN5O2. The topological polar surface area (TPSA) is 69.2 Å². The number of piperidine rings is 1. The largest absolute Gasteiger partial charge is 0.379 e. The first-order valence-electron chi connectivity index (χ1n) is 9.66. The van der Waals surface area contributed by atoms with Crippen molar-refractivity contribution in [1.82, 2.24) is 20.4 Å². The van der Waals surface area contributed by atoms with Crippen LogP contribution in [0.25, 0.3) is 0 Å². The standard InChI is InChI=1S/C18H35N5O2.HI/c1-15(2)16(22-9-11-25-12-10-22)13-20-18(19-3)21-14-17(24)23-7-5-4-6-8-23;/h15-16H,4-14H2,1-3H3,(H2,19,20,21);1H. The molecule has 0 aromatic rings. The minimum absolute atomic E-state index is 0. The zero-order valence-corrected chi connectivity index (χ0v) is 18.8. The highest BCUT2D eigenvalue weighted by Gasteiger charge is 2.24. The molecule has 0 aromatic carbocycles. The van der Waals surface area contributed by atoms with Crippen LogP contribution in [0.2, 0.25) is 0 Å². The molecule has 0 radical (unpaired) electrons. The Morgan fingerprint density at radius 1 is 1.08 bits per heavy atom. The van der Waals surface area contributed by atoms with Crippen molar-refractivity contribution in [1.29, 1.82) is 0 Å². The second kappa shape index (κ2) is 12.7. The summed E-state index contributed by atoms with van der Waals surface area (Å²) in [5.41, 5.74) is 0. The molecule has 8 heteroatoms. The van der Waals surface area contributed by atoms with Crippen molar-refractivity contribution in [2.75, 3.05) is 59.5 Å². The molecule has 0 spiro atoms. The van der Waals surface area contributed by atoms with Crippen LogP contribution in [0.4, 0.5) is 0 Å². The van der Waals surface area contributed by atoms with Crippen LogP contribution in [0.5, 0.6) is 0 Å². The summed E-state index contributed by atoms with van der Waals surface area (Å²) < 4.78 is 5.46. The molecule has 2 N–H and O–H groups in total. The lowest BCUT2D eigenvalue weighted by Crippen LogP contribution is -2.53. The monoisotopic (exact) mass is 481 g/mol. The van der Waals surface area contributed by atoms with Crippen molar-refractivity contribution in [3.05, 3.63) is 0 Å². The van der Waals surface area contributed by atoms with Crippen LogP contribution < -0.4 is 10.6 Å². The normalized spacial score (nSPS) is 20.5. The summed E-state index contributed by atoms with van der Waals surface area (Å²) in [5, 5.41) is 6.56. The molecule has 0 bridgehead atoms. The Balaban J connectivity index is 0.00000338. The number of carbonyl (C=O) groups is 1. The average Bonchev–Trinajstić information content (AvgIpc) is 2.65. The van der Waals surface area contributed by atoms with E-state index in [1.807, 2.05) is 4.90 Å². The molecule has 7 nitrogen and oxygen atoms in total. The van der Waals surface area contributed by atoms with Crippen molar-refractivity contribution < 1.29 is 9.53 Å². The summed E-state index contributed by atoms with van der Waals surface area (Å²) >= 11 is 0. The van der Waals surface area contributed by atoms with Gasteiger partial charge in [-0.1, -0.05) is 13.8 Å². The van der Waals surface area contributed by atoms with Crippen molar-refractivity contribution >= 4 is 35.8 Å². The SMILES string of the molecule is CN=C(NCC(=O)N1CCCCC1)NCC(C(C)C)N1CCOCC1.I. The first-order chi connectivity index (χ1) is 12.1. The number of amides is 1. The Labute approximate surface area is 175 Å². The van der Waals surface area contributed by atoms with Gasteiger partial charge < -0.3 is 20.3 Å². The minimum atomic E-state index is 0. The molecule has 152 valence electrons. The zero-order valence-electron chi connectivity index (χ0n) is 16.5. The number of ether oxygens (including phenoxy) is 1. The molecule has 1 atom stereocenters. The number of hydrogen-bond donors (Lipinski definition) is 2. The molecule has 2 rings (SSSR count). The molecule has 1 unspecified atom stereocenters. The van der Waals surface area contributed by atoms with Crippen molar-refractivity contribution in [2.24, 2.45) is 10.9 Å². The highest BCUT2D eigenvalue weighted by molar-refractivity contribution is 14.0. The van der Waals surface area contributed by atoms with Gasteiger partial charge in [0, 0.05) is 45.8 Å². The van der Waals surface area contributed by atoms with Gasteiger partial charge in [-0.25, -0.2) is 0 Å². The van der Waals surface area contributed by atoms with Crippen LogP contribution in [0.15, 0.2) is 4.99 Å². The number of carbonyl (C=O) groups excluding carboxylic acids is 1. The van der Waals surface area contributed by atoms with Crippen LogP contribution >= 0.6 is 24.0 Å². The van der Waals surface area contributed by atoms with Gasteiger partial charge in [0.15, 0.2) is 5.96 Å². The number of rotatable bonds is 6. The molecule has 2 saturated heterocycles. The molecule has 2 aliphatic heterocycles. The highest BCUT2D eigenvalue weighted by atomic mass is 127. The number of guanidine groups is 1. The van der Waals surface area contributed by atoms with Crippen LogP contribution in [-0.4, -0.2) is 87.2 Å².